The zero-order chi connectivity index (χ0) is 16.0. The Morgan fingerprint density at radius 3 is 2.52 bits per heavy atom. The molecule has 1 N–H and O–H groups in total. The van der Waals surface area contributed by atoms with E-state index in [0.717, 1.165) is 54.3 Å². The Labute approximate surface area is 141 Å². The van der Waals surface area contributed by atoms with Gasteiger partial charge in [-0.15, -0.1) is 0 Å². The smallest absolute Gasteiger partial charge is 0.0622 e. The molecule has 5 saturated carbocycles. The van der Waals surface area contributed by atoms with E-state index in [1.165, 1.54) is 44.9 Å². The monoisotopic (exact) mass is 314 g/mol. The fourth-order valence-corrected chi connectivity index (χ4v) is 7.92. The Morgan fingerprint density at radius 1 is 0.913 bits per heavy atom. The average molecular weight is 315 g/mol. The van der Waals surface area contributed by atoms with E-state index < -0.39 is 0 Å². The van der Waals surface area contributed by atoms with Crippen molar-refractivity contribution in [3.05, 3.63) is 12.2 Å². The molecule has 0 aromatic rings. The number of fused-ring (bicyclic) bond motifs is 6. The summed E-state index contributed by atoms with van der Waals surface area (Å²) >= 11 is 0. The third kappa shape index (κ3) is 2.08. The number of hydrogen-bond acceptors (Lipinski definition) is 1. The van der Waals surface area contributed by atoms with Crippen LogP contribution >= 0.6 is 0 Å². The number of aliphatic hydroxyl groups is 1. The molecule has 0 unspecified atom stereocenters. The molecule has 128 valence electrons. The van der Waals surface area contributed by atoms with E-state index in [2.05, 4.69) is 20.4 Å². The number of allylic oxidation sites excluding steroid dienone is 1. The second-order valence-electron chi connectivity index (χ2n) is 10.5. The van der Waals surface area contributed by atoms with Crippen molar-refractivity contribution >= 4 is 0 Å². The van der Waals surface area contributed by atoms with Crippen LogP contribution in [0.2, 0.25) is 0 Å². The third-order valence-corrected chi connectivity index (χ3v) is 9.29. The molecule has 0 spiro atoms. The minimum atomic E-state index is -0.377. The molecule has 5 rings (SSSR count). The Balaban J connectivity index is 1.41. The van der Waals surface area contributed by atoms with Crippen molar-refractivity contribution in [1.29, 1.82) is 0 Å². The van der Waals surface area contributed by atoms with Gasteiger partial charge in [-0.1, -0.05) is 19.1 Å². The fraction of sp³-hybridized carbons (Fsp3) is 0.909. The fourth-order valence-electron chi connectivity index (χ4n) is 7.92. The van der Waals surface area contributed by atoms with Gasteiger partial charge in [-0.3, -0.25) is 0 Å². The highest BCUT2D eigenvalue weighted by molar-refractivity contribution is 5.27. The van der Waals surface area contributed by atoms with Crippen LogP contribution < -0.4 is 0 Å². The normalized spacial score (nSPS) is 61.0. The molecule has 0 amide bonds. The largest absolute Gasteiger partial charge is 0.390 e. The second kappa shape index (κ2) is 4.65. The molecule has 5 fully saturated rings. The first kappa shape index (κ1) is 15.0. The van der Waals surface area contributed by atoms with Crippen LogP contribution in [0.3, 0.4) is 0 Å². The summed E-state index contributed by atoms with van der Waals surface area (Å²) in [6.45, 7) is 9.24. The van der Waals surface area contributed by atoms with Gasteiger partial charge in [0, 0.05) is 0 Å². The van der Waals surface area contributed by atoms with Crippen molar-refractivity contribution in [2.75, 3.05) is 0 Å². The molecule has 9 atom stereocenters. The van der Waals surface area contributed by atoms with Gasteiger partial charge in [0.2, 0.25) is 0 Å². The predicted octanol–water partition coefficient (Wildman–Crippen LogP) is 5.19. The highest BCUT2D eigenvalue weighted by Crippen LogP contribution is 2.69. The SMILES string of the molecule is C=C1[C@H]2C[C@H]2C[C@H]2[C@@H]3CC[C@@H]4C[C@](C)(O)CC[C@@H]4[C@H]3CC[C@]12C. The molecule has 0 bridgehead atoms. The third-order valence-electron chi connectivity index (χ3n) is 9.29. The Kier molecular flexibility index (Phi) is 3.03. The van der Waals surface area contributed by atoms with Crippen LogP contribution in [0.4, 0.5) is 0 Å². The van der Waals surface area contributed by atoms with E-state index in [1.807, 2.05) is 0 Å². The molecule has 0 aromatic carbocycles. The molecule has 5 aliphatic rings. The lowest BCUT2D eigenvalue weighted by Crippen LogP contribution is -2.52. The van der Waals surface area contributed by atoms with Crippen molar-refractivity contribution in [1.82, 2.24) is 0 Å². The van der Waals surface area contributed by atoms with Gasteiger partial charge >= 0.3 is 0 Å². The van der Waals surface area contributed by atoms with E-state index >= 15 is 0 Å². The van der Waals surface area contributed by atoms with Gasteiger partial charge in [-0.25, -0.2) is 0 Å². The average Bonchev–Trinajstić information content (AvgIpc) is 3.27. The maximum atomic E-state index is 10.5. The standard InChI is InChI=1S/C22H34O/c1-13-19-10-15(19)11-20-18-5-4-14-12-21(2,23)8-6-16(14)17(18)7-9-22(13,20)3/h14-20,23H,1,4-12H2,2-3H3/t14-,15+,16+,17-,18-,19-,20+,21-,22-/m1/s1. The summed E-state index contributed by atoms with van der Waals surface area (Å²) in [5, 5.41) is 10.5. The van der Waals surface area contributed by atoms with Gasteiger partial charge in [0.1, 0.15) is 0 Å². The van der Waals surface area contributed by atoms with Gasteiger partial charge in [0.05, 0.1) is 5.60 Å². The lowest BCUT2D eigenvalue weighted by atomic mass is 9.46. The molecule has 0 radical (unpaired) electrons. The van der Waals surface area contributed by atoms with E-state index in [9.17, 15) is 5.11 Å². The Bertz CT molecular complexity index is 534. The summed E-state index contributed by atoms with van der Waals surface area (Å²) in [6, 6.07) is 0. The van der Waals surface area contributed by atoms with Crippen molar-refractivity contribution in [2.45, 2.75) is 77.2 Å². The topological polar surface area (TPSA) is 20.2 Å². The lowest BCUT2D eigenvalue weighted by Gasteiger charge is -2.59. The highest BCUT2D eigenvalue weighted by atomic mass is 16.3. The second-order valence-corrected chi connectivity index (χ2v) is 10.5. The van der Waals surface area contributed by atoms with Crippen molar-refractivity contribution in [3.8, 4) is 0 Å². The molecular weight excluding hydrogens is 280 g/mol. The van der Waals surface area contributed by atoms with Gasteiger partial charge < -0.3 is 5.11 Å². The quantitative estimate of drug-likeness (QED) is 0.610. The van der Waals surface area contributed by atoms with Gasteiger partial charge in [-0.2, -0.15) is 0 Å². The predicted molar refractivity (Wildman–Crippen MR) is 93.9 cm³/mol. The molecular formula is C22H34O. The zero-order valence-electron chi connectivity index (χ0n) is 15.1. The molecule has 1 nitrogen and oxygen atoms in total. The summed E-state index contributed by atoms with van der Waals surface area (Å²) in [5.74, 6) is 6.50. The van der Waals surface area contributed by atoms with Crippen LogP contribution in [0.15, 0.2) is 12.2 Å². The Hall–Kier alpha value is -0.300. The van der Waals surface area contributed by atoms with E-state index in [-0.39, 0.29) is 5.60 Å². The van der Waals surface area contributed by atoms with Crippen LogP contribution in [0, 0.1) is 46.8 Å². The van der Waals surface area contributed by atoms with Crippen LogP contribution in [-0.4, -0.2) is 10.7 Å². The first-order chi connectivity index (χ1) is 10.9. The molecule has 0 saturated heterocycles. The summed E-state index contributed by atoms with van der Waals surface area (Å²) < 4.78 is 0. The van der Waals surface area contributed by atoms with E-state index in [0.29, 0.717) is 5.41 Å². The number of hydrogen-bond donors (Lipinski definition) is 1. The molecule has 23 heavy (non-hydrogen) atoms. The van der Waals surface area contributed by atoms with Gasteiger partial charge in [0.15, 0.2) is 0 Å². The molecule has 5 aliphatic carbocycles. The van der Waals surface area contributed by atoms with Crippen LogP contribution in [0.25, 0.3) is 0 Å². The summed E-state index contributed by atoms with van der Waals surface area (Å²) in [7, 11) is 0. The maximum Gasteiger partial charge on any atom is 0.0622 e. The summed E-state index contributed by atoms with van der Waals surface area (Å²) in [6.07, 6.45) is 12.0. The maximum absolute atomic E-state index is 10.5. The molecule has 0 heterocycles. The van der Waals surface area contributed by atoms with Crippen molar-refractivity contribution in [3.63, 3.8) is 0 Å². The summed E-state index contributed by atoms with van der Waals surface area (Å²) in [5.41, 5.74) is 1.73. The molecule has 0 aromatic heterocycles. The number of rotatable bonds is 0. The van der Waals surface area contributed by atoms with Crippen LogP contribution in [0.1, 0.15) is 71.6 Å². The minimum Gasteiger partial charge on any atom is -0.390 e. The molecule has 0 aliphatic heterocycles. The van der Waals surface area contributed by atoms with E-state index in [1.54, 1.807) is 5.57 Å². The zero-order valence-corrected chi connectivity index (χ0v) is 15.1. The Morgan fingerprint density at radius 2 is 1.70 bits per heavy atom. The van der Waals surface area contributed by atoms with Gasteiger partial charge in [-0.05, 0) is 112 Å². The van der Waals surface area contributed by atoms with E-state index in [4.69, 9.17) is 0 Å². The van der Waals surface area contributed by atoms with Crippen molar-refractivity contribution in [2.24, 2.45) is 46.8 Å². The summed E-state index contributed by atoms with van der Waals surface area (Å²) in [4.78, 5) is 0. The first-order valence-corrected chi connectivity index (χ1v) is 10.3. The van der Waals surface area contributed by atoms with Gasteiger partial charge in [0.25, 0.3) is 0 Å². The minimum absolute atomic E-state index is 0.377. The molecule has 1 heteroatoms. The van der Waals surface area contributed by atoms with Crippen LogP contribution in [0.5, 0.6) is 0 Å². The lowest BCUT2D eigenvalue weighted by molar-refractivity contribution is -0.100. The first-order valence-electron chi connectivity index (χ1n) is 10.3. The van der Waals surface area contributed by atoms with Crippen molar-refractivity contribution < 1.29 is 5.11 Å². The van der Waals surface area contributed by atoms with Crippen LogP contribution in [-0.2, 0) is 0 Å². The highest BCUT2D eigenvalue weighted by Gasteiger charge is 2.60.